The number of hydrogen-bond acceptors (Lipinski definition) is 4. The lowest BCUT2D eigenvalue weighted by atomic mass is 9.94. The number of benzene rings is 1. The molecule has 2 aliphatic rings. The molecule has 1 heterocycles. The van der Waals surface area contributed by atoms with Gasteiger partial charge in [-0.05, 0) is 55.8 Å². The van der Waals surface area contributed by atoms with Crippen LogP contribution in [0.1, 0.15) is 44.6 Å². The molecule has 3 rings (SSSR count). The molecule has 1 saturated carbocycles. The predicted octanol–water partition coefficient (Wildman–Crippen LogP) is 4.04. The average Bonchev–Trinajstić information content (AvgIpc) is 2.95. The average molecular weight is 387 g/mol. The second-order valence-corrected chi connectivity index (χ2v) is 7.08. The Balaban J connectivity index is 1.81. The van der Waals surface area contributed by atoms with E-state index in [-0.39, 0.29) is 11.9 Å². The van der Waals surface area contributed by atoms with Crippen LogP contribution in [-0.2, 0) is 4.79 Å². The zero-order chi connectivity index (χ0) is 19.2. The Morgan fingerprint density at radius 2 is 2.04 bits per heavy atom. The van der Waals surface area contributed by atoms with Crippen LogP contribution in [0, 0.1) is 0 Å². The molecule has 6 heteroatoms. The van der Waals surface area contributed by atoms with Gasteiger partial charge in [0, 0.05) is 6.04 Å². The molecular weight excluding hydrogens is 360 g/mol. The van der Waals surface area contributed by atoms with E-state index in [1.54, 1.807) is 11.0 Å². The first-order chi connectivity index (χ1) is 13.1. The lowest BCUT2D eigenvalue weighted by molar-refractivity contribution is -0.124. The molecule has 0 radical (unpaired) electrons. The normalized spacial score (nSPS) is 19.3. The maximum absolute atomic E-state index is 12.9. The molecule has 1 amide bonds. The Morgan fingerprint density at radius 3 is 2.74 bits per heavy atom. The third-order valence-corrected chi connectivity index (χ3v) is 5.08. The van der Waals surface area contributed by atoms with Gasteiger partial charge in [0.15, 0.2) is 16.6 Å². The molecule has 0 aromatic heterocycles. The first-order valence-corrected chi connectivity index (χ1v) is 9.91. The Kier molecular flexibility index (Phi) is 6.50. The van der Waals surface area contributed by atoms with Crippen molar-refractivity contribution in [2.24, 2.45) is 0 Å². The van der Waals surface area contributed by atoms with Gasteiger partial charge in [-0.3, -0.25) is 9.69 Å². The van der Waals surface area contributed by atoms with Gasteiger partial charge in [0.2, 0.25) is 0 Å². The molecule has 0 atom stereocenters. The number of ether oxygens (including phenoxy) is 2. The molecule has 5 nitrogen and oxygen atoms in total. The van der Waals surface area contributed by atoms with Crippen LogP contribution in [-0.4, -0.2) is 35.2 Å². The molecular formula is C21H26N2O3S. The summed E-state index contributed by atoms with van der Waals surface area (Å²) >= 11 is 5.43. The molecule has 1 aliphatic carbocycles. The van der Waals surface area contributed by atoms with Crippen molar-refractivity contribution in [1.29, 1.82) is 0 Å². The van der Waals surface area contributed by atoms with Gasteiger partial charge in [-0.25, -0.2) is 0 Å². The van der Waals surface area contributed by atoms with Gasteiger partial charge in [-0.15, -0.1) is 0 Å². The zero-order valence-electron chi connectivity index (χ0n) is 15.7. The highest BCUT2D eigenvalue weighted by Crippen LogP contribution is 2.31. The maximum Gasteiger partial charge on any atom is 0.276 e. The second kappa shape index (κ2) is 9.04. The summed E-state index contributed by atoms with van der Waals surface area (Å²) in [5.74, 6) is 1.26. The zero-order valence-corrected chi connectivity index (χ0v) is 16.5. The van der Waals surface area contributed by atoms with E-state index in [0.717, 1.165) is 31.2 Å². The molecule has 0 bridgehead atoms. The number of nitrogens with zero attached hydrogens (tertiary/aromatic N) is 1. The quantitative estimate of drug-likeness (QED) is 0.435. The van der Waals surface area contributed by atoms with Crippen molar-refractivity contribution < 1.29 is 14.3 Å². The van der Waals surface area contributed by atoms with Crippen LogP contribution < -0.4 is 14.8 Å². The van der Waals surface area contributed by atoms with Gasteiger partial charge in [-0.1, -0.05) is 38.0 Å². The highest BCUT2D eigenvalue weighted by atomic mass is 32.1. The maximum atomic E-state index is 12.9. The van der Waals surface area contributed by atoms with Gasteiger partial charge < -0.3 is 14.8 Å². The number of rotatable bonds is 7. The lowest BCUT2D eigenvalue weighted by Gasteiger charge is -2.29. The van der Waals surface area contributed by atoms with Gasteiger partial charge >= 0.3 is 0 Å². The summed E-state index contributed by atoms with van der Waals surface area (Å²) < 4.78 is 11.3. The third-order valence-electron chi connectivity index (χ3n) is 4.78. The van der Waals surface area contributed by atoms with Crippen LogP contribution in [0.5, 0.6) is 11.5 Å². The molecule has 1 N–H and O–H groups in total. The fraction of sp³-hybridized carbons (Fsp3) is 0.429. The van der Waals surface area contributed by atoms with E-state index < -0.39 is 0 Å². The van der Waals surface area contributed by atoms with Gasteiger partial charge in [-0.2, -0.15) is 0 Å². The van der Waals surface area contributed by atoms with Crippen molar-refractivity contribution >= 4 is 29.3 Å². The van der Waals surface area contributed by atoms with Crippen LogP contribution in [0.4, 0.5) is 0 Å². The van der Waals surface area contributed by atoms with Gasteiger partial charge in [0.05, 0.1) is 6.61 Å². The first-order valence-electron chi connectivity index (χ1n) is 9.50. The minimum Gasteiger partial charge on any atom is -0.490 e. The summed E-state index contributed by atoms with van der Waals surface area (Å²) in [5.41, 5.74) is 1.36. The van der Waals surface area contributed by atoms with Crippen molar-refractivity contribution in [3.63, 3.8) is 0 Å². The molecule has 1 saturated heterocycles. The Bertz CT molecular complexity index is 754. The lowest BCUT2D eigenvalue weighted by Crippen LogP contribution is -2.41. The Labute approximate surface area is 166 Å². The van der Waals surface area contributed by atoms with E-state index in [1.165, 1.54) is 6.42 Å². The van der Waals surface area contributed by atoms with Crippen molar-refractivity contribution in [3.05, 3.63) is 42.1 Å². The first kappa shape index (κ1) is 19.4. The predicted molar refractivity (Wildman–Crippen MR) is 111 cm³/mol. The van der Waals surface area contributed by atoms with Gasteiger partial charge in [0.25, 0.3) is 5.91 Å². The van der Waals surface area contributed by atoms with Crippen molar-refractivity contribution in [3.8, 4) is 11.5 Å². The fourth-order valence-corrected chi connectivity index (χ4v) is 3.88. The second-order valence-electron chi connectivity index (χ2n) is 6.69. The Morgan fingerprint density at radius 1 is 1.26 bits per heavy atom. The molecule has 27 heavy (non-hydrogen) atoms. The largest absolute Gasteiger partial charge is 0.490 e. The van der Waals surface area contributed by atoms with E-state index in [0.29, 0.717) is 35.5 Å². The Hall–Kier alpha value is -2.34. The van der Waals surface area contributed by atoms with E-state index in [4.69, 9.17) is 21.7 Å². The fourth-order valence-electron chi connectivity index (χ4n) is 3.54. The monoisotopic (exact) mass is 386 g/mol. The molecule has 1 aromatic carbocycles. The summed E-state index contributed by atoms with van der Waals surface area (Å²) in [7, 11) is 0. The van der Waals surface area contributed by atoms with Crippen molar-refractivity contribution in [2.45, 2.75) is 45.1 Å². The molecule has 144 valence electrons. The third kappa shape index (κ3) is 4.50. The summed E-state index contributed by atoms with van der Waals surface area (Å²) in [6.07, 6.45) is 9.09. The number of nitrogens with one attached hydrogen (secondary N) is 1. The van der Waals surface area contributed by atoms with Crippen molar-refractivity contribution in [1.82, 2.24) is 10.2 Å². The standard InChI is InChI=1S/C21H26N2O3S/c1-3-12-26-18-11-10-15(14-19(18)25-4-2)13-17-20(24)23(21(27)22-17)16-8-6-5-7-9-16/h3,10-11,13-14,16H,1,4-9,12H2,2H3,(H,22,27)/b17-13+. The highest BCUT2D eigenvalue weighted by molar-refractivity contribution is 7.80. The summed E-state index contributed by atoms with van der Waals surface area (Å²) in [5, 5.41) is 3.59. The van der Waals surface area contributed by atoms with Crippen molar-refractivity contribution in [2.75, 3.05) is 13.2 Å². The minimum atomic E-state index is -0.0446. The topological polar surface area (TPSA) is 50.8 Å². The molecule has 2 fully saturated rings. The van der Waals surface area contributed by atoms with Gasteiger partial charge in [0.1, 0.15) is 12.3 Å². The van der Waals surface area contributed by atoms with Crippen LogP contribution in [0.3, 0.4) is 0 Å². The number of amides is 1. The highest BCUT2D eigenvalue weighted by Gasteiger charge is 2.36. The number of hydrogen-bond donors (Lipinski definition) is 1. The molecule has 1 aliphatic heterocycles. The van der Waals surface area contributed by atoms with Crippen LogP contribution in [0.25, 0.3) is 6.08 Å². The van der Waals surface area contributed by atoms with Crippen LogP contribution >= 0.6 is 12.2 Å². The summed E-state index contributed by atoms with van der Waals surface area (Å²) in [6.45, 7) is 6.52. The van der Waals surface area contributed by atoms with Crippen LogP contribution in [0.2, 0.25) is 0 Å². The van der Waals surface area contributed by atoms with E-state index >= 15 is 0 Å². The minimum absolute atomic E-state index is 0.0446. The smallest absolute Gasteiger partial charge is 0.276 e. The van der Waals surface area contributed by atoms with E-state index in [1.807, 2.05) is 31.2 Å². The molecule has 0 spiro atoms. The SMILES string of the molecule is C=CCOc1ccc(/C=C2/NC(=S)N(C3CCCCC3)C2=O)cc1OCC. The molecule has 0 unspecified atom stereocenters. The molecule has 1 aromatic rings. The number of carbonyl (C=O) groups excluding carboxylic acids is 1. The number of thiocarbonyl (C=S) groups is 1. The summed E-state index contributed by atoms with van der Waals surface area (Å²) in [4.78, 5) is 14.6. The van der Waals surface area contributed by atoms with E-state index in [2.05, 4.69) is 11.9 Å². The summed E-state index contributed by atoms with van der Waals surface area (Å²) in [6, 6.07) is 5.83. The number of carbonyl (C=O) groups is 1. The van der Waals surface area contributed by atoms with Crippen LogP contribution in [0.15, 0.2) is 36.6 Å². The van der Waals surface area contributed by atoms with E-state index in [9.17, 15) is 4.79 Å².